The van der Waals surface area contributed by atoms with Crippen LogP contribution in [0.2, 0.25) is 5.02 Å². The lowest BCUT2D eigenvalue weighted by molar-refractivity contribution is -0.117. The summed E-state index contributed by atoms with van der Waals surface area (Å²) in [4.78, 5) is 12.0. The number of nitrogens with zero attached hydrogens (tertiary/aromatic N) is 1. The molecule has 0 aliphatic heterocycles. The van der Waals surface area contributed by atoms with Crippen molar-refractivity contribution in [3.8, 4) is 6.07 Å². The van der Waals surface area contributed by atoms with E-state index in [0.29, 0.717) is 5.56 Å². The van der Waals surface area contributed by atoms with Gasteiger partial charge >= 0.3 is 0 Å². The number of nitriles is 1. The van der Waals surface area contributed by atoms with Gasteiger partial charge < -0.3 is 5.32 Å². The average molecular weight is 301 g/mol. The number of carbonyl (C=O) groups is 1. The molecule has 1 aromatic rings. The zero-order valence-corrected chi connectivity index (χ0v) is 12.3. The number of amides is 1. The topological polar surface area (TPSA) is 87.0 Å². The average Bonchev–Trinajstić information content (AvgIpc) is 2.30. The van der Waals surface area contributed by atoms with Crippen LogP contribution in [0.15, 0.2) is 18.2 Å². The molecule has 0 unspecified atom stereocenters. The summed E-state index contributed by atoms with van der Waals surface area (Å²) in [6, 6.07) is 6.26. The highest BCUT2D eigenvalue weighted by molar-refractivity contribution is 7.92. The molecule has 5 nitrogen and oxygen atoms in total. The summed E-state index contributed by atoms with van der Waals surface area (Å²) in [6.07, 6.45) is 0.986. The molecule has 1 rings (SSSR count). The van der Waals surface area contributed by atoms with Gasteiger partial charge in [-0.2, -0.15) is 5.26 Å². The van der Waals surface area contributed by atoms with Crippen molar-refractivity contribution >= 4 is 33.0 Å². The second-order valence-electron chi connectivity index (χ2n) is 4.54. The van der Waals surface area contributed by atoms with Crippen molar-refractivity contribution in [2.45, 2.75) is 18.6 Å². The lowest BCUT2D eigenvalue weighted by Gasteiger charge is -2.21. The smallest absolute Gasteiger partial charge is 0.245 e. The molecular weight excluding hydrogens is 288 g/mol. The zero-order chi connectivity index (χ0) is 14.8. The maximum atomic E-state index is 12.0. The van der Waals surface area contributed by atoms with Crippen LogP contribution in [0.1, 0.15) is 19.4 Å². The number of anilines is 1. The van der Waals surface area contributed by atoms with Crippen LogP contribution in [-0.2, 0) is 14.6 Å². The molecule has 0 spiro atoms. The quantitative estimate of drug-likeness (QED) is 0.924. The summed E-state index contributed by atoms with van der Waals surface area (Å²) in [5.41, 5.74) is 0.527. The minimum Gasteiger partial charge on any atom is -0.323 e. The molecule has 102 valence electrons. The highest BCUT2D eigenvalue weighted by atomic mass is 35.5. The Hall–Kier alpha value is -1.58. The largest absolute Gasteiger partial charge is 0.323 e. The Morgan fingerprint density at radius 1 is 1.42 bits per heavy atom. The molecule has 0 aliphatic carbocycles. The Bertz CT molecular complexity index is 660. The number of hydrogen-bond acceptors (Lipinski definition) is 4. The maximum Gasteiger partial charge on any atom is 0.245 e. The van der Waals surface area contributed by atoms with E-state index in [1.54, 1.807) is 0 Å². The van der Waals surface area contributed by atoms with Crippen LogP contribution in [0.3, 0.4) is 0 Å². The number of halogens is 1. The highest BCUT2D eigenvalue weighted by Gasteiger charge is 2.38. The molecule has 0 saturated heterocycles. The lowest BCUT2D eigenvalue weighted by atomic mass is 10.1. The van der Waals surface area contributed by atoms with Crippen LogP contribution in [0.4, 0.5) is 5.69 Å². The maximum absolute atomic E-state index is 12.0. The number of carbonyl (C=O) groups excluding carboxylic acids is 1. The summed E-state index contributed by atoms with van der Waals surface area (Å²) in [7, 11) is -3.57. The lowest BCUT2D eigenvalue weighted by Crippen LogP contribution is -2.43. The van der Waals surface area contributed by atoms with E-state index in [4.69, 9.17) is 16.9 Å². The van der Waals surface area contributed by atoms with Crippen molar-refractivity contribution in [3.63, 3.8) is 0 Å². The van der Waals surface area contributed by atoms with E-state index in [9.17, 15) is 13.2 Å². The van der Waals surface area contributed by atoms with Gasteiger partial charge in [0.2, 0.25) is 5.91 Å². The SMILES string of the molecule is CC(C)(C(=O)Nc1cc(C#N)ccc1Cl)S(C)(=O)=O. The van der Waals surface area contributed by atoms with Gasteiger partial charge in [-0.15, -0.1) is 0 Å². The Balaban J connectivity index is 3.11. The van der Waals surface area contributed by atoms with Crippen LogP contribution in [0.25, 0.3) is 0 Å². The summed E-state index contributed by atoms with van der Waals surface area (Å²) in [5.74, 6) is -0.702. The summed E-state index contributed by atoms with van der Waals surface area (Å²) >= 11 is 5.89. The molecule has 0 heterocycles. The third-order valence-corrected chi connectivity index (χ3v) is 5.19. The Morgan fingerprint density at radius 2 is 2.00 bits per heavy atom. The van der Waals surface area contributed by atoms with E-state index in [1.165, 1.54) is 32.0 Å². The fourth-order valence-corrected chi connectivity index (χ4v) is 1.68. The van der Waals surface area contributed by atoms with Crippen molar-refractivity contribution in [1.29, 1.82) is 5.26 Å². The number of nitrogens with one attached hydrogen (secondary N) is 1. The van der Waals surface area contributed by atoms with Crippen molar-refractivity contribution in [3.05, 3.63) is 28.8 Å². The fourth-order valence-electron chi connectivity index (χ4n) is 1.13. The monoisotopic (exact) mass is 300 g/mol. The van der Waals surface area contributed by atoms with E-state index in [2.05, 4.69) is 5.32 Å². The molecule has 0 aliphatic rings. The van der Waals surface area contributed by atoms with Crippen molar-refractivity contribution in [2.75, 3.05) is 11.6 Å². The van der Waals surface area contributed by atoms with Crippen LogP contribution >= 0.6 is 11.6 Å². The molecule has 0 saturated carbocycles. The third-order valence-electron chi connectivity index (χ3n) is 2.82. The third kappa shape index (κ3) is 3.25. The van der Waals surface area contributed by atoms with Gasteiger partial charge in [-0.05, 0) is 32.0 Å². The molecule has 1 N–H and O–H groups in total. The first-order valence-corrected chi connectivity index (χ1v) is 7.57. The first-order chi connectivity index (χ1) is 8.59. The molecule has 0 aromatic heterocycles. The summed E-state index contributed by atoms with van der Waals surface area (Å²) < 4.78 is 21.5. The number of benzene rings is 1. The molecule has 1 aromatic carbocycles. The normalized spacial score (nSPS) is 11.7. The number of hydrogen-bond donors (Lipinski definition) is 1. The van der Waals surface area contributed by atoms with E-state index in [0.717, 1.165) is 6.26 Å². The Labute approximate surface area is 117 Å². The van der Waals surface area contributed by atoms with Gasteiger partial charge in [0.25, 0.3) is 0 Å². The molecule has 1 amide bonds. The van der Waals surface area contributed by atoms with Crippen LogP contribution < -0.4 is 5.32 Å². The van der Waals surface area contributed by atoms with Gasteiger partial charge in [0.05, 0.1) is 22.3 Å². The number of sulfone groups is 1. The predicted molar refractivity (Wildman–Crippen MR) is 73.7 cm³/mol. The van der Waals surface area contributed by atoms with E-state index in [-0.39, 0.29) is 10.7 Å². The molecular formula is C12H13ClN2O3S. The van der Waals surface area contributed by atoms with E-state index >= 15 is 0 Å². The number of rotatable bonds is 3. The van der Waals surface area contributed by atoms with Gasteiger partial charge in [0.1, 0.15) is 4.75 Å². The summed E-state index contributed by atoms with van der Waals surface area (Å²) in [5, 5.41) is 11.4. The molecule has 7 heteroatoms. The van der Waals surface area contributed by atoms with Crippen LogP contribution in [0, 0.1) is 11.3 Å². The fraction of sp³-hybridized carbons (Fsp3) is 0.333. The molecule has 0 fully saturated rings. The zero-order valence-electron chi connectivity index (χ0n) is 10.7. The van der Waals surface area contributed by atoms with Crippen LogP contribution in [0.5, 0.6) is 0 Å². The van der Waals surface area contributed by atoms with Crippen molar-refractivity contribution in [1.82, 2.24) is 0 Å². The minimum atomic E-state index is -3.57. The molecule has 0 radical (unpaired) electrons. The van der Waals surface area contributed by atoms with Gasteiger partial charge in [0.15, 0.2) is 9.84 Å². The van der Waals surface area contributed by atoms with Gasteiger partial charge in [-0.1, -0.05) is 11.6 Å². The van der Waals surface area contributed by atoms with E-state index < -0.39 is 20.5 Å². The minimum absolute atomic E-state index is 0.211. The summed E-state index contributed by atoms with van der Waals surface area (Å²) in [6.45, 7) is 2.61. The molecule has 19 heavy (non-hydrogen) atoms. The van der Waals surface area contributed by atoms with Crippen LogP contribution in [-0.4, -0.2) is 25.3 Å². The second-order valence-corrected chi connectivity index (χ2v) is 7.52. The first kappa shape index (κ1) is 15.5. The Morgan fingerprint density at radius 3 is 2.47 bits per heavy atom. The van der Waals surface area contributed by atoms with E-state index in [1.807, 2.05) is 6.07 Å². The molecule has 0 bridgehead atoms. The van der Waals surface area contributed by atoms with Gasteiger partial charge in [-0.3, -0.25) is 4.79 Å². The Kier molecular flexibility index (Phi) is 4.23. The van der Waals surface area contributed by atoms with Crippen molar-refractivity contribution in [2.24, 2.45) is 0 Å². The van der Waals surface area contributed by atoms with Gasteiger partial charge in [0, 0.05) is 6.26 Å². The highest BCUT2D eigenvalue weighted by Crippen LogP contribution is 2.25. The van der Waals surface area contributed by atoms with Crippen molar-refractivity contribution < 1.29 is 13.2 Å². The standard InChI is InChI=1S/C12H13ClN2O3S/c1-12(2,19(3,17)18)11(16)15-10-6-8(7-14)4-5-9(10)13/h4-6H,1-3H3,(H,15,16). The second kappa shape index (κ2) is 5.19. The molecule has 0 atom stereocenters. The predicted octanol–water partition coefficient (Wildman–Crippen LogP) is 1.97. The van der Waals surface area contributed by atoms with Gasteiger partial charge in [-0.25, -0.2) is 8.42 Å². The first-order valence-electron chi connectivity index (χ1n) is 5.30.